The first kappa shape index (κ1) is 16.4. The predicted octanol–water partition coefficient (Wildman–Crippen LogP) is 2.30. The maximum atomic E-state index is 12.3. The average Bonchev–Trinajstić information content (AvgIpc) is 2.99. The second-order valence-corrected chi connectivity index (χ2v) is 6.16. The number of hydrogen-bond donors (Lipinski definition) is 3. The molecule has 3 unspecified atom stereocenters. The van der Waals surface area contributed by atoms with Gasteiger partial charge >= 0.3 is 0 Å². The molecule has 1 aliphatic heterocycles. The summed E-state index contributed by atoms with van der Waals surface area (Å²) in [6, 6.07) is 17.8. The Balaban J connectivity index is 1.58. The monoisotopic (exact) mass is 322 g/mol. The number of carbonyl (C=O) groups is 1. The summed E-state index contributed by atoms with van der Waals surface area (Å²) in [7, 11) is 0. The Morgan fingerprint density at radius 2 is 1.79 bits per heavy atom. The summed E-state index contributed by atoms with van der Waals surface area (Å²) in [5, 5.41) is 4.06. The summed E-state index contributed by atoms with van der Waals surface area (Å²) in [6.07, 6.45) is 1.65. The molecule has 24 heavy (non-hydrogen) atoms. The Morgan fingerprint density at radius 1 is 1.08 bits per heavy atom. The van der Waals surface area contributed by atoms with Crippen LogP contribution >= 0.6 is 0 Å². The van der Waals surface area contributed by atoms with Gasteiger partial charge in [-0.25, -0.2) is 16.3 Å². The SMILES string of the molecule is Cc1ccc(/C=N/NC(=O)C2NNC(c3ccccc3)C2C)cc1. The molecule has 1 aliphatic rings. The molecule has 0 aromatic heterocycles. The molecular weight excluding hydrogens is 300 g/mol. The molecule has 0 saturated carbocycles. The van der Waals surface area contributed by atoms with E-state index in [9.17, 15) is 4.79 Å². The van der Waals surface area contributed by atoms with Gasteiger partial charge < -0.3 is 0 Å². The number of amides is 1. The Bertz CT molecular complexity index is 712. The first-order valence-corrected chi connectivity index (χ1v) is 8.11. The van der Waals surface area contributed by atoms with Crippen molar-refractivity contribution < 1.29 is 4.79 Å². The van der Waals surface area contributed by atoms with E-state index in [1.54, 1.807) is 6.21 Å². The number of hydrogen-bond acceptors (Lipinski definition) is 4. The number of nitrogens with zero attached hydrogens (tertiary/aromatic N) is 1. The molecule has 3 rings (SSSR count). The van der Waals surface area contributed by atoms with Crippen molar-refractivity contribution in [2.45, 2.75) is 25.9 Å². The van der Waals surface area contributed by atoms with Gasteiger partial charge in [0.25, 0.3) is 5.91 Å². The molecule has 1 heterocycles. The van der Waals surface area contributed by atoms with E-state index in [1.807, 2.05) is 49.4 Å². The van der Waals surface area contributed by atoms with E-state index in [0.29, 0.717) is 0 Å². The van der Waals surface area contributed by atoms with Crippen LogP contribution < -0.4 is 16.3 Å². The van der Waals surface area contributed by atoms with Crippen LogP contribution in [0.3, 0.4) is 0 Å². The normalized spacial score (nSPS) is 23.5. The van der Waals surface area contributed by atoms with Crippen molar-refractivity contribution >= 4 is 12.1 Å². The lowest BCUT2D eigenvalue weighted by Crippen LogP contribution is -2.43. The smallest absolute Gasteiger partial charge is 0.258 e. The van der Waals surface area contributed by atoms with Crippen LogP contribution in [0.2, 0.25) is 0 Å². The zero-order valence-corrected chi connectivity index (χ0v) is 13.9. The maximum Gasteiger partial charge on any atom is 0.258 e. The fraction of sp³-hybridized carbons (Fsp3) is 0.263. The summed E-state index contributed by atoms with van der Waals surface area (Å²) in [4.78, 5) is 12.3. The molecular formula is C19H22N4O. The van der Waals surface area contributed by atoms with Gasteiger partial charge in [-0.2, -0.15) is 5.10 Å². The van der Waals surface area contributed by atoms with Gasteiger partial charge in [-0.1, -0.05) is 67.1 Å². The molecule has 2 aromatic carbocycles. The molecule has 1 saturated heterocycles. The number of hydrazine groups is 1. The Hall–Kier alpha value is -2.50. The highest BCUT2D eigenvalue weighted by Crippen LogP contribution is 2.28. The van der Waals surface area contributed by atoms with Crippen LogP contribution in [0.4, 0.5) is 0 Å². The minimum atomic E-state index is -0.328. The Kier molecular flexibility index (Phi) is 5.03. The first-order valence-electron chi connectivity index (χ1n) is 8.11. The predicted molar refractivity (Wildman–Crippen MR) is 95.3 cm³/mol. The molecule has 1 fully saturated rings. The number of aryl methyl sites for hydroxylation is 1. The third-order valence-corrected chi connectivity index (χ3v) is 4.35. The van der Waals surface area contributed by atoms with Crippen LogP contribution in [-0.4, -0.2) is 18.2 Å². The minimum Gasteiger partial charge on any atom is -0.271 e. The van der Waals surface area contributed by atoms with E-state index in [4.69, 9.17) is 0 Å². The highest BCUT2D eigenvalue weighted by atomic mass is 16.2. The molecule has 124 valence electrons. The van der Waals surface area contributed by atoms with Crippen molar-refractivity contribution in [2.24, 2.45) is 11.0 Å². The zero-order valence-electron chi connectivity index (χ0n) is 13.9. The molecule has 3 atom stereocenters. The van der Waals surface area contributed by atoms with E-state index < -0.39 is 0 Å². The van der Waals surface area contributed by atoms with Gasteiger partial charge in [0.05, 0.1) is 12.3 Å². The number of hydrazone groups is 1. The van der Waals surface area contributed by atoms with Crippen LogP contribution in [0.5, 0.6) is 0 Å². The first-order chi connectivity index (χ1) is 11.6. The van der Waals surface area contributed by atoms with Crippen LogP contribution in [0.1, 0.15) is 29.7 Å². The molecule has 5 nitrogen and oxygen atoms in total. The third kappa shape index (κ3) is 3.69. The zero-order chi connectivity index (χ0) is 16.9. The largest absolute Gasteiger partial charge is 0.271 e. The van der Waals surface area contributed by atoms with E-state index in [1.165, 1.54) is 5.56 Å². The Labute approximate surface area is 142 Å². The molecule has 0 radical (unpaired) electrons. The van der Waals surface area contributed by atoms with Gasteiger partial charge in [-0.15, -0.1) is 0 Å². The highest BCUT2D eigenvalue weighted by molar-refractivity contribution is 5.85. The molecule has 0 bridgehead atoms. The van der Waals surface area contributed by atoms with Gasteiger partial charge in [0.15, 0.2) is 0 Å². The van der Waals surface area contributed by atoms with Crippen LogP contribution in [0.15, 0.2) is 59.7 Å². The number of rotatable bonds is 4. The topological polar surface area (TPSA) is 65.5 Å². The third-order valence-electron chi connectivity index (χ3n) is 4.35. The van der Waals surface area contributed by atoms with Crippen molar-refractivity contribution in [3.63, 3.8) is 0 Å². The van der Waals surface area contributed by atoms with Crippen LogP contribution in [0, 0.1) is 12.8 Å². The van der Waals surface area contributed by atoms with Crippen LogP contribution in [-0.2, 0) is 4.79 Å². The van der Waals surface area contributed by atoms with Crippen molar-refractivity contribution in [3.05, 3.63) is 71.3 Å². The average molecular weight is 322 g/mol. The van der Waals surface area contributed by atoms with Crippen LogP contribution in [0.25, 0.3) is 0 Å². The summed E-state index contributed by atoms with van der Waals surface area (Å²) in [5.74, 6) is -0.0289. The Morgan fingerprint density at radius 3 is 2.50 bits per heavy atom. The lowest BCUT2D eigenvalue weighted by molar-refractivity contribution is -0.123. The summed E-state index contributed by atoms with van der Waals surface area (Å²) >= 11 is 0. The fourth-order valence-electron chi connectivity index (χ4n) is 2.88. The van der Waals surface area contributed by atoms with Gasteiger partial charge in [-0.05, 0) is 18.1 Å². The van der Waals surface area contributed by atoms with E-state index in [0.717, 1.165) is 11.1 Å². The fourth-order valence-corrected chi connectivity index (χ4v) is 2.88. The highest BCUT2D eigenvalue weighted by Gasteiger charge is 2.37. The van der Waals surface area contributed by atoms with Gasteiger partial charge in [0, 0.05) is 5.92 Å². The lowest BCUT2D eigenvalue weighted by Gasteiger charge is -2.17. The summed E-state index contributed by atoms with van der Waals surface area (Å²) in [5.41, 5.74) is 12.2. The van der Waals surface area contributed by atoms with Crippen molar-refractivity contribution in [3.8, 4) is 0 Å². The molecule has 0 spiro atoms. The molecule has 2 aromatic rings. The molecule has 3 N–H and O–H groups in total. The van der Waals surface area contributed by atoms with Gasteiger partial charge in [0.1, 0.15) is 6.04 Å². The summed E-state index contributed by atoms with van der Waals surface area (Å²) in [6.45, 7) is 4.09. The number of carbonyl (C=O) groups excluding carboxylic acids is 1. The molecule has 5 heteroatoms. The van der Waals surface area contributed by atoms with Gasteiger partial charge in [0.2, 0.25) is 0 Å². The second kappa shape index (κ2) is 7.38. The second-order valence-electron chi connectivity index (χ2n) is 6.16. The number of nitrogens with one attached hydrogen (secondary N) is 3. The van der Waals surface area contributed by atoms with Crippen molar-refractivity contribution in [2.75, 3.05) is 0 Å². The number of benzene rings is 2. The quantitative estimate of drug-likeness (QED) is 0.598. The maximum absolute atomic E-state index is 12.3. The summed E-state index contributed by atoms with van der Waals surface area (Å²) < 4.78 is 0. The van der Waals surface area contributed by atoms with E-state index in [-0.39, 0.29) is 23.9 Å². The van der Waals surface area contributed by atoms with E-state index in [2.05, 4.69) is 40.4 Å². The van der Waals surface area contributed by atoms with Gasteiger partial charge in [-0.3, -0.25) is 4.79 Å². The standard InChI is InChI=1S/C19H22N4O/c1-13-8-10-15(11-9-13)12-20-23-19(24)18-14(2)17(21-22-18)16-6-4-3-5-7-16/h3-12,14,17-18,21-22H,1-2H3,(H,23,24)/b20-12+. The van der Waals surface area contributed by atoms with E-state index >= 15 is 0 Å². The minimum absolute atomic E-state index is 0.100. The molecule has 1 amide bonds. The molecule has 0 aliphatic carbocycles. The van der Waals surface area contributed by atoms with Crippen molar-refractivity contribution in [1.82, 2.24) is 16.3 Å². The lowest BCUT2D eigenvalue weighted by atomic mass is 9.91. The van der Waals surface area contributed by atoms with Crippen molar-refractivity contribution in [1.29, 1.82) is 0 Å².